The lowest BCUT2D eigenvalue weighted by Gasteiger charge is -2.35. The van der Waals surface area contributed by atoms with Crippen molar-refractivity contribution in [1.29, 1.82) is 0 Å². The third-order valence-corrected chi connectivity index (χ3v) is 4.65. The Morgan fingerprint density at radius 2 is 1.82 bits per heavy atom. The maximum Gasteiger partial charge on any atom is 0.306 e. The highest BCUT2D eigenvalue weighted by Crippen LogP contribution is 2.32. The zero-order chi connectivity index (χ0) is 15.9. The van der Waals surface area contributed by atoms with E-state index in [2.05, 4.69) is 21.2 Å². The zero-order valence-electron chi connectivity index (χ0n) is 11.1. The minimum Gasteiger partial charge on any atom is -0.350 e. The third kappa shape index (κ3) is 2.60. The summed E-state index contributed by atoms with van der Waals surface area (Å²) in [5.74, 6) is -0.510. The highest BCUT2D eigenvalue weighted by Gasteiger charge is 2.40. The van der Waals surface area contributed by atoms with E-state index in [0.717, 1.165) is 4.90 Å². The molecule has 1 amide bonds. The fourth-order valence-electron chi connectivity index (χ4n) is 2.30. The van der Waals surface area contributed by atoms with Gasteiger partial charge in [0.2, 0.25) is 5.50 Å². The summed E-state index contributed by atoms with van der Waals surface area (Å²) in [6.07, 6.45) is 0. The standard InChI is InChI=1S/C14H11BrN2O4S/c15-9-6-7-12-11(8-9)13(18)17(10-4-2-1-3-5-10)14(16-12)22(19,20)21/h1-8,14,16H,(H,19,20,21). The van der Waals surface area contributed by atoms with E-state index in [0.29, 0.717) is 21.4 Å². The fourth-order valence-corrected chi connectivity index (χ4v) is 3.42. The topological polar surface area (TPSA) is 86.7 Å². The Hall–Kier alpha value is -1.90. The molecule has 0 saturated carbocycles. The van der Waals surface area contributed by atoms with E-state index in [1.54, 1.807) is 48.5 Å². The van der Waals surface area contributed by atoms with Gasteiger partial charge in [-0.15, -0.1) is 0 Å². The van der Waals surface area contributed by atoms with E-state index in [9.17, 15) is 17.8 Å². The second-order valence-corrected chi connectivity index (χ2v) is 7.10. The van der Waals surface area contributed by atoms with Gasteiger partial charge in [-0.25, -0.2) is 0 Å². The van der Waals surface area contributed by atoms with Crippen molar-refractivity contribution in [2.45, 2.75) is 5.50 Å². The van der Waals surface area contributed by atoms with E-state index >= 15 is 0 Å². The first-order chi connectivity index (χ1) is 10.4. The van der Waals surface area contributed by atoms with Gasteiger partial charge >= 0.3 is 10.1 Å². The van der Waals surface area contributed by atoms with Gasteiger partial charge in [0.05, 0.1) is 5.56 Å². The summed E-state index contributed by atoms with van der Waals surface area (Å²) >= 11 is 3.28. The SMILES string of the molecule is O=C1c2cc(Br)ccc2NC(S(=O)(=O)O)N1c1ccccc1. The molecule has 0 radical (unpaired) electrons. The molecule has 3 rings (SSSR count). The van der Waals surface area contributed by atoms with Crippen molar-refractivity contribution < 1.29 is 17.8 Å². The van der Waals surface area contributed by atoms with Crippen LogP contribution in [0.15, 0.2) is 53.0 Å². The van der Waals surface area contributed by atoms with Crippen LogP contribution in [0, 0.1) is 0 Å². The van der Waals surface area contributed by atoms with Crippen LogP contribution in [-0.2, 0) is 10.1 Å². The van der Waals surface area contributed by atoms with E-state index in [1.165, 1.54) is 0 Å². The van der Waals surface area contributed by atoms with Gasteiger partial charge in [0.25, 0.3) is 5.91 Å². The first kappa shape index (κ1) is 15.0. The second kappa shape index (κ2) is 5.38. The maximum absolute atomic E-state index is 12.7. The van der Waals surface area contributed by atoms with Crippen LogP contribution in [0.25, 0.3) is 0 Å². The Morgan fingerprint density at radius 3 is 2.45 bits per heavy atom. The molecule has 0 bridgehead atoms. The van der Waals surface area contributed by atoms with Gasteiger partial charge in [0.15, 0.2) is 0 Å². The highest BCUT2D eigenvalue weighted by molar-refractivity contribution is 9.10. The number of carbonyl (C=O) groups is 1. The van der Waals surface area contributed by atoms with Crippen LogP contribution in [0.4, 0.5) is 11.4 Å². The number of amides is 1. The lowest BCUT2D eigenvalue weighted by Crippen LogP contribution is -2.53. The van der Waals surface area contributed by atoms with Crippen LogP contribution in [-0.4, -0.2) is 24.4 Å². The van der Waals surface area contributed by atoms with Gasteiger partial charge in [0, 0.05) is 15.8 Å². The van der Waals surface area contributed by atoms with Gasteiger partial charge in [-0.05, 0) is 30.3 Å². The highest BCUT2D eigenvalue weighted by atomic mass is 79.9. The molecule has 0 saturated heterocycles. The molecule has 8 heteroatoms. The molecule has 0 aliphatic carbocycles. The number of anilines is 2. The monoisotopic (exact) mass is 382 g/mol. The molecule has 1 aliphatic heterocycles. The minimum absolute atomic E-state index is 0.318. The lowest BCUT2D eigenvalue weighted by atomic mass is 10.1. The predicted molar refractivity (Wildman–Crippen MR) is 86.4 cm³/mol. The van der Waals surface area contributed by atoms with Crippen molar-refractivity contribution in [2.24, 2.45) is 0 Å². The summed E-state index contributed by atoms with van der Waals surface area (Å²) in [5, 5.41) is 2.69. The maximum atomic E-state index is 12.7. The van der Waals surface area contributed by atoms with Crippen LogP contribution in [0.3, 0.4) is 0 Å². The number of rotatable bonds is 2. The van der Waals surface area contributed by atoms with Gasteiger partial charge in [-0.3, -0.25) is 14.2 Å². The molecular formula is C14H11BrN2O4S. The molecule has 1 unspecified atom stereocenters. The van der Waals surface area contributed by atoms with Gasteiger partial charge in [-0.2, -0.15) is 8.42 Å². The number of halogens is 1. The third-order valence-electron chi connectivity index (χ3n) is 3.26. The first-order valence-electron chi connectivity index (χ1n) is 6.29. The molecule has 6 nitrogen and oxygen atoms in total. The summed E-state index contributed by atoms with van der Waals surface area (Å²) in [6.45, 7) is 0. The predicted octanol–water partition coefficient (Wildman–Crippen LogP) is 2.69. The van der Waals surface area contributed by atoms with Crippen molar-refractivity contribution in [3.63, 3.8) is 0 Å². The lowest BCUT2D eigenvalue weighted by molar-refractivity contribution is 0.0981. The number of hydrogen-bond donors (Lipinski definition) is 2. The van der Waals surface area contributed by atoms with Crippen molar-refractivity contribution in [1.82, 2.24) is 0 Å². The summed E-state index contributed by atoms with van der Waals surface area (Å²) < 4.78 is 33.5. The summed E-state index contributed by atoms with van der Waals surface area (Å²) in [5.41, 5.74) is -0.537. The Balaban J connectivity index is 2.19. The number of nitrogens with one attached hydrogen (secondary N) is 1. The molecule has 1 heterocycles. The smallest absolute Gasteiger partial charge is 0.306 e. The Bertz CT molecular complexity index is 839. The number of carbonyl (C=O) groups excluding carboxylic acids is 1. The second-order valence-electron chi connectivity index (χ2n) is 4.71. The average molecular weight is 383 g/mol. The van der Waals surface area contributed by atoms with Gasteiger partial charge in [-0.1, -0.05) is 34.1 Å². The normalized spacial score (nSPS) is 17.8. The van der Waals surface area contributed by atoms with Crippen molar-refractivity contribution in [3.05, 3.63) is 58.6 Å². The van der Waals surface area contributed by atoms with E-state index < -0.39 is 21.5 Å². The van der Waals surface area contributed by atoms with Crippen LogP contribution in [0.2, 0.25) is 0 Å². The Kier molecular flexibility index (Phi) is 3.67. The summed E-state index contributed by atoms with van der Waals surface area (Å²) in [7, 11) is -4.53. The molecule has 2 aromatic rings. The van der Waals surface area contributed by atoms with Crippen LogP contribution < -0.4 is 10.2 Å². The number of fused-ring (bicyclic) bond motifs is 1. The molecule has 2 aromatic carbocycles. The molecule has 2 N–H and O–H groups in total. The number of nitrogens with zero attached hydrogens (tertiary/aromatic N) is 1. The minimum atomic E-state index is -4.53. The molecule has 0 spiro atoms. The quantitative estimate of drug-likeness (QED) is 0.779. The van der Waals surface area contributed by atoms with E-state index in [4.69, 9.17) is 0 Å². The number of hydrogen-bond acceptors (Lipinski definition) is 4. The molecule has 0 aromatic heterocycles. The zero-order valence-corrected chi connectivity index (χ0v) is 13.5. The van der Waals surface area contributed by atoms with Crippen molar-refractivity contribution >= 4 is 43.3 Å². The van der Waals surface area contributed by atoms with Crippen molar-refractivity contribution in [2.75, 3.05) is 10.2 Å². The van der Waals surface area contributed by atoms with Crippen LogP contribution in [0.1, 0.15) is 10.4 Å². The number of para-hydroxylation sites is 1. The number of benzene rings is 2. The Labute approximate surface area is 135 Å². The Morgan fingerprint density at radius 1 is 1.14 bits per heavy atom. The van der Waals surface area contributed by atoms with Crippen molar-refractivity contribution in [3.8, 4) is 0 Å². The summed E-state index contributed by atoms with van der Waals surface area (Å²) in [6, 6.07) is 13.2. The fraction of sp³-hybridized carbons (Fsp3) is 0.0714. The molecule has 114 valence electrons. The van der Waals surface area contributed by atoms with Gasteiger partial charge < -0.3 is 5.32 Å². The van der Waals surface area contributed by atoms with Crippen LogP contribution >= 0.6 is 15.9 Å². The van der Waals surface area contributed by atoms with Crippen LogP contribution in [0.5, 0.6) is 0 Å². The molecule has 22 heavy (non-hydrogen) atoms. The largest absolute Gasteiger partial charge is 0.350 e. The van der Waals surface area contributed by atoms with E-state index in [1.807, 2.05) is 0 Å². The average Bonchev–Trinajstić information content (AvgIpc) is 2.47. The molecule has 1 atom stereocenters. The van der Waals surface area contributed by atoms with Gasteiger partial charge in [0.1, 0.15) is 0 Å². The summed E-state index contributed by atoms with van der Waals surface area (Å²) in [4.78, 5) is 13.7. The molecular weight excluding hydrogens is 372 g/mol. The first-order valence-corrected chi connectivity index (χ1v) is 8.58. The molecule has 1 aliphatic rings. The molecule has 0 fully saturated rings. The van der Waals surface area contributed by atoms with E-state index in [-0.39, 0.29) is 0 Å².